The molecule has 1 aliphatic rings. The number of alkyl halides is 3. The van der Waals surface area contributed by atoms with Gasteiger partial charge in [-0.3, -0.25) is 0 Å². The Morgan fingerprint density at radius 1 is 1.46 bits per heavy atom. The summed E-state index contributed by atoms with van der Waals surface area (Å²) in [6.07, 6.45) is -4.62. The van der Waals surface area contributed by atoms with E-state index in [2.05, 4.69) is 10.2 Å². The van der Waals surface area contributed by atoms with Crippen LogP contribution in [0.5, 0.6) is 0 Å². The van der Waals surface area contributed by atoms with Crippen molar-refractivity contribution in [3.8, 4) is 0 Å². The van der Waals surface area contributed by atoms with Gasteiger partial charge in [-0.1, -0.05) is 18.3 Å². The van der Waals surface area contributed by atoms with Crippen LogP contribution in [-0.2, 0) is 10.9 Å². The predicted molar refractivity (Wildman–Crippen MR) is 83.1 cm³/mol. The van der Waals surface area contributed by atoms with Gasteiger partial charge in [0.2, 0.25) is 10.1 Å². The Kier molecular flexibility index (Phi) is 5.91. The lowest BCUT2D eigenvalue weighted by molar-refractivity contribution is -0.138. The first-order chi connectivity index (χ1) is 11.2. The highest BCUT2D eigenvalue weighted by atomic mass is 32.2. The van der Waals surface area contributed by atoms with Crippen LogP contribution < -0.4 is 4.90 Å². The third-order valence-electron chi connectivity index (χ3n) is 3.05. The van der Waals surface area contributed by atoms with Crippen LogP contribution in [0.25, 0.3) is 0 Å². The van der Waals surface area contributed by atoms with Gasteiger partial charge in [0.1, 0.15) is 0 Å². The molecule has 2 rings (SSSR count). The molecule has 0 N–H and O–H groups in total. The van der Waals surface area contributed by atoms with E-state index < -0.39 is 28.7 Å². The van der Waals surface area contributed by atoms with Crippen molar-refractivity contribution in [3.63, 3.8) is 0 Å². The molecule has 1 fully saturated rings. The van der Waals surface area contributed by atoms with E-state index >= 15 is 0 Å². The standard InChI is InChI=1S/C12H15F3N4O3S2/c1-3-6-23-11(21)22-7-4-5-18(2)10(20)19(7)9-17-16-8(24-9)12(13,14)15/h7H,3-6H2,1-2H3. The molecule has 1 atom stereocenters. The van der Waals surface area contributed by atoms with Crippen molar-refractivity contribution in [2.75, 3.05) is 24.2 Å². The molecule has 0 aromatic carbocycles. The molecule has 7 nitrogen and oxygen atoms in total. The average Bonchev–Trinajstić information content (AvgIpc) is 2.99. The summed E-state index contributed by atoms with van der Waals surface area (Å²) >= 11 is 1.19. The van der Waals surface area contributed by atoms with Gasteiger partial charge in [0.15, 0.2) is 6.23 Å². The lowest BCUT2D eigenvalue weighted by Crippen LogP contribution is -2.54. The Balaban J connectivity index is 2.21. The molecule has 0 spiro atoms. The summed E-state index contributed by atoms with van der Waals surface area (Å²) in [6, 6.07) is -0.593. The van der Waals surface area contributed by atoms with Crippen molar-refractivity contribution in [3.05, 3.63) is 5.01 Å². The zero-order valence-corrected chi connectivity index (χ0v) is 14.5. The Morgan fingerprint density at radius 2 is 2.17 bits per heavy atom. The number of nitrogens with zero attached hydrogens (tertiary/aromatic N) is 4. The first-order valence-corrected chi connectivity index (χ1v) is 8.82. The maximum absolute atomic E-state index is 12.7. The Morgan fingerprint density at radius 3 is 2.75 bits per heavy atom. The molecule has 12 heteroatoms. The quantitative estimate of drug-likeness (QED) is 0.741. The van der Waals surface area contributed by atoms with Gasteiger partial charge >= 0.3 is 17.5 Å². The third-order valence-corrected chi connectivity index (χ3v) is 4.96. The summed E-state index contributed by atoms with van der Waals surface area (Å²) in [5, 5.41) is 4.52. The van der Waals surface area contributed by atoms with Crippen molar-refractivity contribution >= 4 is 39.6 Å². The van der Waals surface area contributed by atoms with Crippen molar-refractivity contribution < 1.29 is 27.5 Å². The average molecular weight is 384 g/mol. The van der Waals surface area contributed by atoms with Gasteiger partial charge in [0.25, 0.3) is 0 Å². The number of rotatable bonds is 4. The second-order valence-corrected chi connectivity index (χ2v) is 6.91. The third kappa shape index (κ3) is 4.29. The van der Waals surface area contributed by atoms with Gasteiger partial charge in [-0.25, -0.2) is 14.5 Å². The molecule has 0 radical (unpaired) electrons. The molecule has 1 aliphatic heterocycles. The smallest absolute Gasteiger partial charge is 0.433 e. The summed E-state index contributed by atoms with van der Waals surface area (Å²) in [5.74, 6) is 0.552. The van der Waals surface area contributed by atoms with Gasteiger partial charge in [0.05, 0.1) is 0 Å². The minimum absolute atomic E-state index is 0.234. The van der Waals surface area contributed by atoms with E-state index in [1.54, 1.807) is 0 Å². The summed E-state index contributed by atoms with van der Waals surface area (Å²) < 4.78 is 43.3. The zero-order valence-electron chi connectivity index (χ0n) is 12.9. The summed E-state index contributed by atoms with van der Waals surface area (Å²) in [4.78, 5) is 26.3. The fourth-order valence-corrected chi connectivity index (χ4v) is 3.21. The van der Waals surface area contributed by atoms with Gasteiger partial charge in [-0.15, -0.1) is 10.2 Å². The number of thioether (sulfide) groups is 1. The maximum atomic E-state index is 12.7. The molecule has 24 heavy (non-hydrogen) atoms. The first-order valence-electron chi connectivity index (χ1n) is 7.02. The van der Waals surface area contributed by atoms with Crippen molar-refractivity contribution in [1.82, 2.24) is 15.1 Å². The van der Waals surface area contributed by atoms with Crippen LogP contribution in [0.15, 0.2) is 0 Å². The van der Waals surface area contributed by atoms with Gasteiger partial charge in [0, 0.05) is 25.8 Å². The second kappa shape index (κ2) is 7.55. The van der Waals surface area contributed by atoms with E-state index in [4.69, 9.17) is 4.74 Å². The van der Waals surface area contributed by atoms with E-state index in [1.165, 1.54) is 11.9 Å². The molecule has 0 saturated carbocycles. The number of ether oxygens (including phenoxy) is 1. The van der Waals surface area contributed by atoms with Gasteiger partial charge < -0.3 is 9.64 Å². The van der Waals surface area contributed by atoms with E-state index in [1.807, 2.05) is 6.92 Å². The molecular weight excluding hydrogens is 369 g/mol. The van der Waals surface area contributed by atoms with Crippen LogP contribution >= 0.6 is 23.1 Å². The van der Waals surface area contributed by atoms with Crippen molar-refractivity contribution in [2.24, 2.45) is 0 Å². The highest BCUT2D eigenvalue weighted by Gasteiger charge is 2.41. The lowest BCUT2D eigenvalue weighted by atomic mass is 10.3. The molecule has 1 aromatic rings. The molecule has 2 heterocycles. The number of hydrogen-bond donors (Lipinski definition) is 0. The van der Waals surface area contributed by atoms with E-state index in [9.17, 15) is 22.8 Å². The molecule has 134 valence electrons. The largest absolute Gasteiger partial charge is 0.445 e. The number of urea groups is 1. The summed E-state index contributed by atoms with van der Waals surface area (Å²) in [6.45, 7) is 2.21. The number of hydrogen-bond acceptors (Lipinski definition) is 7. The maximum Gasteiger partial charge on any atom is 0.445 e. The van der Waals surface area contributed by atoms with Crippen LogP contribution in [0.4, 0.5) is 27.9 Å². The fraction of sp³-hybridized carbons (Fsp3) is 0.667. The first kappa shape index (κ1) is 18.8. The number of carbonyl (C=O) groups excluding carboxylic acids is 2. The van der Waals surface area contributed by atoms with E-state index in [0.29, 0.717) is 12.3 Å². The summed E-state index contributed by atoms with van der Waals surface area (Å²) in [7, 11) is 1.50. The van der Waals surface area contributed by atoms with Crippen LogP contribution in [0.1, 0.15) is 24.8 Å². The fourth-order valence-electron chi connectivity index (χ4n) is 1.91. The van der Waals surface area contributed by atoms with E-state index in [0.717, 1.165) is 23.1 Å². The topological polar surface area (TPSA) is 75.6 Å². The van der Waals surface area contributed by atoms with Crippen LogP contribution in [0, 0.1) is 0 Å². The normalized spacial score (nSPS) is 18.9. The number of halogens is 3. The van der Waals surface area contributed by atoms with E-state index in [-0.39, 0.29) is 22.9 Å². The van der Waals surface area contributed by atoms with Gasteiger partial charge in [-0.05, 0) is 18.2 Å². The molecule has 1 saturated heterocycles. The highest BCUT2D eigenvalue weighted by molar-refractivity contribution is 8.13. The monoisotopic (exact) mass is 384 g/mol. The number of carbonyl (C=O) groups is 2. The molecular formula is C12H15F3N4O3S2. The van der Waals surface area contributed by atoms with Crippen LogP contribution in [0.2, 0.25) is 0 Å². The summed E-state index contributed by atoms with van der Waals surface area (Å²) in [5.41, 5.74) is 0. The van der Waals surface area contributed by atoms with Crippen LogP contribution in [-0.4, -0.2) is 52.0 Å². The molecule has 0 bridgehead atoms. The number of amides is 2. The Bertz CT molecular complexity index is 611. The minimum atomic E-state index is -4.65. The zero-order chi connectivity index (χ0) is 17.9. The lowest BCUT2D eigenvalue weighted by Gasteiger charge is -2.37. The predicted octanol–water partition coefficient (Wildman–Crippen LogP) is 3.42. The Hall–Kier alpha value is -1.56. The molecule has 2 amide bonds. The van der Waals surface area contributed by atoms with Crippen LogP contribution in [0.3, 0.4) is 0 Å². The van der Waals surface area contributed by atoms with Gasteiger partial charge in [-0.2, -0.15) is 13.2 Å². The minimum Gasteiger partial charge on any atom is -0.433 e. The SMILES string of the molecule is CCCSC(=O)OC1CCN(C)C(=O)N1c1nnc(C(F)(F)F)s1. The second-order valence-electron chi connectivity index (χ2n) is 4.92. The highest BCUT2D eigenvalue weighted by Crippen LogP contribution is 2.36. The van der Waals surface area contributed by atoms with Crippen molar-refractivity contribution in [1.29, 1.82) is 0 Å². The van der Waals surface area contributed by atoms with Crippen molar-refractivity contribution in [2.45, 2.75) is 32.2 Å². The number of aromatic nitrogens is 2. The molecule has 0 aliphatic carbocycles. The molecule has 1 aromatic heterocycles. The molecule has 1 unspecified atom stereocenters. The Labute approximate surface area is 144 Å². The number of anilines is 1.